The Hall–Kier alpha value is -1.12. The van der Waals surface area contributed by atoms with Gasteiger partial charge in [0, 0.05) is 3.57 Å². The van der Waals surface area contributed by atoms with Gasteiger partial charge in [0.2, 0.25) is 0 Å². The summed E-state index contributed by atoms with van der Waals surface area (Å²) >= 11 is 9.07. The molecule has 98 valence electrons. The molecule has 0 aliphatic rings. The van der Waals surface area contributed by atoms with Crippen molar-refractivity contribution in [1.82, 2.24) is 0 Å². The minimum absolute atomic E-state index is 0.0490. The highest BCUT2D eigenvalue weighted by molar-refractivity contribution is 14.1. The van der Waals surface area contributed by atoms with Crippen LogP contribution in [0.5, 0.6) is 0 Å². The van der Waals surface area contributed by atoms with E-state index in [1.807, 2.05) is 22.6 Å². The molecule has 0 spiro atoms. The Labute approximate surface area is 131 Å². The molecule has 2 N–H and O–H groups in total. The molecule has 2 rings (SSSR count). The fraction of sp³-hybridized carbons (Fsp3) is 0. The van der Waals surface area contributed by atoms with Crippen molar-refractivity contribution in [3.63, 3.8) is 0 Å². The van der Waals surface area contributed by atoms with Crippen LogP contribution in [0.1, 0.15) is 20.0 Å². The molecule has 0 radical (unpaired) electrons. The summed E-state index contributed by atoms with van der Waals surface area (Å²) in [4.78, 5) is 23.5. The summed E-state index contributed by atoms with van der Waals surface area (Å²) in [6.45, 7) is 0. The van der Waals surface area contributed by atoms with Gasteiger partial charge in [0.05, 0.1) is 16.3 Å². The summed E-state index contributed by atoms with van der Waals surface area (Å²) in [5.41, 5.74) is 0.301. The molecule has 0 fully saturated rings. The average molecular weight is 408 g/mol. The van der Waals surface area contributed by atoms with E-state index in [2.05, 4.69) is 5.32 Å². The van der Waals surface area contributed by atoms with E-state index in [0.29, 0.717) is 9.90 Å². The fourth-order valence-electron chi connectivity index (χ4n) is 1.44. The van der Waals surface area contributed by atoms with Gasteiger partial charge in [0.1, 0.15) is 4.88 Å². The van der Waals surface area contributed by atoms with Crippen LogP contribution < -0.4 is 5.32 Å². The first-order valence-corrected chi connectivity index (χ1v) is 7.40. The van der Waals surface area contributed by atoms with Crippen molar-refractivity contribution >= 4 is 63.1 Å². The zero-order valence-electron chi connectivity index (χ0n) is 9.31. The van der Waals surface area contributed by atoms with Crippen molar-refractivity contribution < 1.29 is 14.7 Å². The van der Waals surface area contributed by atoms with E-state index in [-0.39, 0.29) is 11.3 Å². The monoisotopic (exact) mass is 407 g/mol. The maximum Gasteiger partial charge on any atom is 0.337 e. The lowest BCUT2D eigenvalue weighted by molar-refractivity contribution is 0.0698. The second kappa shape index (κ2) is 5.89. The maximum atomic E-state index is 12.0. The van der Waals surface area contributed by atoms with Crippen LogP contribution in [0.15, 0.2) is 29.6 Å². The number of thiophene rings is 1. The van der Waals surface area contributed by atoms with Gasteiger partial charge in [0.15, 0.2) is 0 Å². The molecule has 0 aliphatic carbocycles. The Bertz CT molecular complexity index is 656. The number of carboxylic acid groups (broad SMARTS) is 1. The number of hydrogen-bond acceptors (Lipinski definition) is 3. The highest BCUT2D eigenvalue weighted by Crippen LogP contribution is 2.25. The lowest BCUT2D eigenvalue weighted by Crippen LogP contribution is -2.14. The van der Waals surface area contributed by atoms with Crippen molar-refractivity contribution in [2.75, 3.05) is 5.32 Å². The Morgan fingerprint density at radius 1 is 1.32 bits per heavy atom. The second-order valence-electron chi connectivity index (χ2n) is 3.55. The Morgan fingerprint density at radius 3 is 2.63 bits per heavy atom. The van der Waals surface area contributed by atoms with Crippen LogP contribution >= 0.6 is 45.5 Å². The summed E-state index contributed by atoms with van der Waals surface area (Å²) in [7, 11) is 0. The van der Waals surface area contributed by atoms with Gasteiger partial charge < -0.3 is 10.4 Å². The minimum atomic E-state index is -1.09. The molecule has 0 unspecified atom stereocenters. The largest absolute Gasteiger partial charge is 0.478 e. The summed E-state index contributed by atoms with van der Waals surface area (Å²) in [5, 5.41) is 13.7. The number of nitrogens with one attached hydrogen (secondary N) is 1. The van der Waals surface area contributed by atoms with Crippen molar-refractivity contribution in [3.05, 3.63) is 48.7 Å². The number of rotatable bonds is 3. The van der Waals surface area contributed by atoms with E-state index in [9.17, 15) is 9.59 Å². The average Bonchev–Trinajstić information content (AvgIpc) is 2.77. The van der Waals surface area contributed by atoms with Gasteiger partial charge in [-0.15, -0.1) is 11.3 Å². The molecule has 2 aromatic rings. The first-order chi connectivity index (χ1) is 8.99. The zero-order chi connectivity index (χ0) is 14.0. The fourth-order valence-corrected chi connectivity index (χ4v) is 2.96. The zero-order valence-corrected chi connectivity index (χ0v) is 13.0. The van der Waals surface area contributed by atoms with E-state index < -0.39 is 11.9 Å². The molecule has 1 amide bonds. The van der Waals surface area contributed by atoms with E-state index in [1.54, 1.807) is 23.6 Å². The number of benzene rings is 1. The molecule has 0 bridgehead atoms. The number of amides is 1. The van der Waals surface area contributed by atoms with Crippen molar-refractivity contribution in [3.8, 4) is 0 Å². The first-order valence-electron chi connectivity index (χ1n) is 5.06. The standard InChI is InChI=1S/C12H7ClINO3S/c13-8-3-4-19-10(8)11(16)15-9-2-1-6(14)5-7(9)12(17)18/h1-5H,(H,15,16)(H,17,18). The van der Waals surface area contributed by atoms with Crippen LogP contribution in [-0.4, -0.2) is 17.0 Å². The quantitative estimate of drug-likeness (QED) is 0.757. The predicted octanol–water partition coefficient (Wildman–Crippen LogP) is 3.96. The number of hydrogen-bond donors (Lipinski definition) is 2. The topological polar surface area (TPSA) is 66.4 Å². The molecule has 19 heavy (non-hydrogen) atoms. The van der Waals surface area contributed by atoms with Crippen molar-refractivity contribution in [2.24, 2.45) is 0 Å². The van der Waals surface area contributed by atoms with Crippen LogP contribution in [0.25, 0.3) is 0 Å². The van der Waals surface area contributed by atoms with Crippen LogP contribution in [0, 0.1) is 3.57 Å². The van der Waals surface area contributed by atoms with Gasteiger partial charge in [-0.25, -0.2) is 4.79 Å². The lowest BCUT2D eigenvalue weighted by Gasteiger charge is -2.08. The van der Waals surface area contributed by atoms with Gasteiger partial charge in [0.25, 0.3) is 5.91 Å². The maximum absolute atomic E-state index is 12.0. The number of carbonyl (C=O) groups excluding carboxylic acids is 1. The summed E-state index contributed by atoms with van der Waals surface area (Å²) in [6.07, 6.45) is 0. The second-order valence-corrected chi connectivity index (χ2v) is 6.12. The smallest absolute Gasteiger partial charge is 0.337 e. The number of anilines is 1. The molecular weight excluding hydrogens is 401 g/mol. The third kappa shape index (κ3) is 3.26. The van der Waals surface area contributed by atoms with Gasteiger partial charge in [-0.05, 0) is 52.2 Å². The van der Waals surface area contributed by atoms with Crippen molar-refractivity contribution in [2.45, 2.75) is 0 Å². The molecule has 0 aliphatic heterocycles. The number of carbonyl (C=O) groups is 2. The van der Waals surface area contributed by atoms with Gasteiger partial charge >= 0.3 is 5.97 Å². The van der Waals surface area contributed by atoms with Crippen LogP contribution in [0.4, 0.5) is 5.69 Å². The molecule has 1 aromatic carbocycles. The highest BCUT2D eigenvalue weighted by atomic mass is 127. The molecule has 0 saturated heterocycles. The van der Waals surface area contributed by atoms with E-state index >= 15 is 0 Å². The summed E-state index contributed by atoms with van der Waals surface area (Å²) in [5.74, 6) is -1.50. The van der Waals surface area contributed by atoms with Crippen LogP contribution in [0.2, 0.25) is 5.02 Å². The molecular formula is C12H7ClINO3S. The Kier molecular flexibility index (Phi) is 4.43. The molecule has 1 aromatic heterocycles. The van der Waals surface area contributed by atoms with E-state index in [4.69, 9.17) is 16.7 Å². The SMILES string of the molecule is O=C(O)c1cc(I)ccc1NC(=O)c1sccc1Cl. The van der Waals surface area contributed by atoms with Gasteiger partial charge in [-0.1, -0.05) is 11.6 Å². The molecule has 4 nitrogen and oxygen atoms in total. The molecule has 0 atom stereocenters. The van der Waals surface area contributed by atoms with E-state index in [0.717, 1.165) is 3.57 Å². The number of aromatic carboxylic acids is 1. The summed E-state index contributed by atoms with van der Waals surface area (Å²) < 4.78 is 0.780. The first kappa shape index (κ1) is 14.3. The number of carboxylic acids is 1. The third-order valence-electron chi connectivity index (χ3n) is 2.28. The van der Waals surface area contributed by atoms with Gasteiger partial charge in [-0.2, -0.15) is 0 Å². The van der Waals surface area contributed by atoms with Crippen molar-refractivity contribution in [1.29, 1.82) is 0 Å². The summed E-state index contributed by atoms with van der Waals surface area (Å²) in [6, 6.07) is 6.39. The highest BCUT2D eigenvalue weighted by Gasteiger charge is 2.16. The Morgan fingerprint density at radius 2 is 2.05 bits per heavy atom. The third-order valence-corrected chi connectivity index (χ3v) is 4.29. The lowest BCUT2D eigenvalue weighted by atomic mass is 10.2. The van der Waals surface area contributed by atoms with Crippen LogP contribution in [-0.2, 0) is 0 Å². The molecule has 0 saturated carbocycles. The Balaban J connectivity index is 2.32. The molecule has 1 heterocycles. The number of halogens is 2. The van der Waals surface area contributed by atoms with Gasteiger partial charge in [-0.3, -0.25) is 4.79 Å². The predicted molar refractivity (Wildman–Crippen MR) is 83.4 cm³/mol. The van der Waals surface area contributed by atoms with Crippen LogP contribution in [0.3, 0.4) is 0 Å². The minimum Gasteiger partial charge on any atom is -0.478 e. The normalized spacial score (nSPS) is 10.2. The van der Waals surface area contributed by atoms with E-state index in [1.165, 1.54) is 17.4 Å². The molecule has 7 heteroatoms.